The van der Waals surface area contributed by atoms with Crippen LogP contribution >= 0.6 is 0 Å². The number of carbonyl (C=O) groups excluding carboxylic acids is 2. The quantitative estimate of drug-likeness (QED) is 0.577. The smallest absolute Gasteiger partial charge is 0.337 e. The van der Waals surface area contributed by atoms with Gasteiger partial charge in [0.25, 0.3) is 0 Å². The third-order valence-electron chi connectivity index (χ3n) is 6.28. The highest BCUT2D eigenvalue weighted by Gasteiger charge is 2.39. The van der Waals surface area contributed by atoms with Gasteiger partial charge in [-0.05, 0) is 63.1 Å². The van der Waals surface area contributed by atoms with Crippen molar-refractivity contribution in [2.24, 2.45) is 0 Å². The Balaban J connectivity index is 1.71. The number of allylic oxidation sites excluding steroid dienone is 3. The molecule has 3 aliphatic rings. The van der Waals surface area contributed by atoms with Crippen LogP contribution in [0.15, 0.2) is 46.8 Å². The summed E-state index contributed by atoms with van der Waals surface area (Å²) in [6.45, 7) is 1.88. The van der Waals surface area contributed by atoms with Crippen LogP contribution in [0.25, 0.3) is 0 Å². The summed E-state index contributed by atoms with van der Waals surface area (Å²) in [6, 6.07) is 6.87. The van der Waals surface area contributed by atoms with E-state index in [9.17, 15) is 14.7 Å². The SMILES string of the molecule is CC1=C(C(=O)OC2CCCCCC2)[C@H](c2cccc(O)c2)C2=C(CCCC2=O)N1. The maximum atomic E-state index is 13.3. The van der Waals surface area contributed by atoms with Gasteiger partial charge in [-0.1, -0.05) is 25.0 Å². The molecule has 5 nitrogen and oxygen atoms in total. The molecule has 1 aliphatic heterocycles. The van der Waals surface area contributed by atoms with E-state index in [1.165, 1.54) is 12.8 Å². The summed E-state index contributed by atoms with van der Waals surface area (Å²) in [7, 11) is 0. The van der Waals surface area contributed by atoms with Crippen molar-refractivity contribution in [2.45, 2.75) is 76.7 Å². The number of phenols is 1. The number of nitrogens with one attached hydrogen (secondary N) is 1. The first-order valence-electron chi connectivity index (χ1n) is 10.8. The number of ketones is 1. The molecule has 1 atom stereocenters. The summed E-state index contributed by atoms with van der Waals surface area (Å²) >= 11 is 0. The molecule has 0 bridgehead atoms. The van der Waals surface area contributed by atoms with Crippen molar-refractivity contribution in [3.8, 4) is 5.75 Å². The zero-order chi connectivity index (χ0) is 20.4. The fourth-order valence-corrected chi connectivity index (χ4v) is 4.87. The van der Waals surface area contributed by atoms with Crippen molar-refractivity contribution in [3.63, 3.8) is 0 Å². The molecule has 0 aromatic heterocycles. The van der Waals surface area contributed by atoms with Crippen LogP contribution in [0.3, 0.4) is 0 Å². The Morgan fingerprint density at radius 1 is 1.10 bits per heavy atom. The predicted octanol–water partition coefficient (Wildman–Crippen LogP) is 4.63. The van der Waals surface area contributed by atoms with Crippen LogP contribution in [0.2, 0.25) is 0 Å². The fraction of sp³-hybridized carbons (Fsp3) is 0.500. The molecule has 29 heavy (non-hydrogen) atoms. The summed E-state index contributed by atoms with van der Waals surface area (Å²) < 4.78 is 5.94. The third kappa shape index (κ3) is 4.09. The third-order valence-corrected chi connectivity index (χ3v) is 6.28. The molecule has 1 aromatic carbocycles. The molecule has 1 saturated carbocycles. The summed E-state index contributed by atoms with van der Waals surface area (Å²) in [6.07, 6.45) is 8.36. The van der Waals surface area contributed by atoms with E-state index in [-0.39, 0.29) is 23.6 Å². The van der Waals surface area contributed by atoms with Crippen LogP contribution in [0.5, 0.6) is 5.75 Å². The molecule has 4 rings (SSSR count). The second-order valence-corrected chi connectivity index (χ2v) is 8.38. The lowest BCUT2D eigenvalue weighted by Gasteiger charge is -2.34. The van der Waals surface area contributed by atoms with Crippen LogP contribution in [0, 0.1) is 0 Å². The molecule has 5 heteroatoms. The zero-order valence-corrected chi connectivity index (χ0v) is 17.0. The van der Waals surface area contributed by atoms with E-state index in [1.54, 1.807) is 18.2 Å². The van der Waals surface area contributed by atoms with E-state index < -0.39 is 5.92 Å². The summed E-state index contributed by atoms with van der Waals surface area (Å²) in [4.78, 5) is 26.2. The molecule has 0 radical (unpaired) electrons. The van der Waals surface area contributed by atoms with Crippen molar-refractivity contribution in [2.75, 3.05) is 0 Å². The minimum absolute atomic E-state index is 0.0624. The summed E-state index contributed by atoms with van der Waals surface area (Å²) in [5.41, 5.74) is 3.54. The van der Waals surface area contributed by atoms with Gasteiger partial charge in [0, 0.05) is 29.3 Å². The molecule has 2 aliphatic carbocycles. The minimum Gasteiger partial charge on any atom is -0.508 e. The molecular weight excluding hydrogens is 366 g/mol. The Morgan fingerprint density at radius 2 is 1.86 bits per heavy atom. The van der Waals surface area contributed by atoms with Crippen LogP contribution in [-0.4, -0.2) is 23.0 Å². The predicted molar refractivity (Wildman–Crippen MR) is 110 cm³/mol. The number of Topliss-reactive ketones (excluding diaryl/α,β-unsaturated/α-hetero) is 1. The first-order chi connectivity index (χ1) is 14.0. The van der Waals surface area contributed by atoms with Gasteiger partial charge in [0.2, 0.25) is 0 Å². The van der Waals surface area contributed by atoms with E-state index in [1.807, 2.05) is 13.0 Å². The Kier molecular flexibility index (Phi) is 5.74. The van der Waals surface area contributed by atoms with E-state index >= 15 is 0 Å². The number of dihydropyridines is 1. The van der Waals surface area contributed by atoms with Crippen molar-refractivity contribution < 1.29 is 19.4 Å². The maximum Gasteiger partial charge on any atom is 0.337 e. The molecule has 1 heterocycles. The molecule has 154 valence electrons. The molecule has 1 fully saturated rings. The van der Waals surface area contributed by atoms with E-state index in [2.05, 4.69) is 5.32 Å². The lowest BCUT2D eigenvalue weighted by Crippen LogP contribution is -2.35. The van der Waals surface area contributed by atoms with Gasteiger partial charge < -0.3 is 15.2 Å². The normalized spacial score (nSPS) is 23.3. The number of esters is 1. The Hall–Kier alpha value is -2.56. The first kappa shape index (κ1) is 19.7. The van der Waals surface area contributed by atoms with Crippen LogP contribution < -0.4 is 5.32 Å². The highest BCUT2D eigenvalue weighted by molar-refractivity contribution is 6.03. The molecule has 0 saturated heterocycles. The number of hydrogen-bond acceptors (Lipinski definition) is 5. The van der Waals surface area contributed by atoms with Gasteiger partial charge in [0.15, 0.2) is 5.78 Å². The molecule has 0 spiro atoms. The van der Waals surface area contributed by atoms with Crippen molar-refractivity contribution >= 4 is 11.8 Å². The van der Waals surface area contributed by atoms with Crippen LogP contribution in [-0.2, 0) is 14.3 Å². The highest BCUT2D eigenvalue weighted by Crippen LogP contribution is 2.43. The van der Waals surface area contributed by atoms with Crippen molar-refractivity contribution in [1.29, 1.82) is 0 Å². The Bertz CT molecular complexity index is 875. The van der Waals surface area contributed by atoms with Gasteiger partial charge in [-0.2, -0.15) is 0 Å². The lowest BCUT2D eigenvalue weighted by molar-refractivity contribution is -0.145. The maximum absolute atomic E-state index is 13.3. The standard InChI is InChI=1S/C24H29NO4/c1-15-21(24(28)29-18-10-4-2-3-5-11-18)22(16-8-6-9-17(26)14-16)23-19(25-15)12-7-13-20(23)27/h6,8-9,14,18,22,25-26H,2-5,7,10-13H2,1H3/t22-/m0/s1. The van der Waals surface area contributed by atoms with E-state index in [0.717, 1.165) is 55.5 Å². The number of ether oxygens (including phenoxy) is 1. The number of phenolic OH excluding ortho intramolecular Hbond substituents is 1. The highest BCUT2D eigenvalue weighted by atomic mass is 16.5. The molecule has 2 N–H and O–H groups in total. The van der Waals surface area contributed by atoms with E-state index in [4.69, 9.17) is 4.74 Å². The lowest BCUT2D eigenvalue weighted by atomic mass is 9.75. The first-order valence-corrected chi connectivity index (χ1v) is 10.8. The van der Waals surface area contributed by atoms with Gasteiger partial charge in [0.05, 0.1) is 5.57 Å². The number of rotatable bonds is 3. The monoisotopic (exact) mass is 395 g/mol. The second kappa shape index (κ2) is 8.44. The van der Waals surface area contributed by atoms with Crippen molar-refractivity contribution in [3.05, 3.63) is 52.4 Å². The fourth-order valence-electron chi connectivity index (χ4n) is 4.87. The van der Waals surface area contributed by atoms with Gasteiger partial charge >= 0.3 is 5.97 Å². The number of aromatic hydroxyl groups is 1. The minimum atomic E-state index is -0.496. The van der Waals surface area contributed by atoms with Crippen LogP contribution in [0.4, 0.5) is 0 Å². The molecule has 0 unspecified atom stereocenters. The zero-order valence-electron chi connectivity index (χ0n) is 17.0. The topological polar surface area (TPSA) is 75.6 Å². The average Bonchev–Trinajstić information content (AvgIpc) is 2.95. The van der Waals surface area contributed by atoms with Gasteiger partial charge in [0.1, 0.15) is 11.9 Å². The van der Waals surface area contributed by atoms with Crippen LogP contribution in [0.1, 0.15) is 76.2 Å². The number of hydrogen-bond donors (Lipinski definition) is 2. The summed E-state index contributed by atoms with van der Waals surface area (Å²) in [5, 5.41) is 13.4. The van der Waals surface area contributed by atoms with Crippen molar-refractivity contribution in [1.82, 2.24) is 5.32 Å². The molecule has 1 aromatic rings. The average molecular weight is 395 g/mol. The Labute approximate surface area is 171 Å². The Morgan fingerprint density at radius 3 is 2.59 bits per heavy atom. The largest absolute Gasteiger partial charge is 0.508 e. The number of benzene rings is 1. The van der Waals surface area contributed by atoms with Gasteiger partial charge in [-0.15, -0.1) is 0 Å². The number of carbonyl (C=O) groups is 2. The van der Waals surface area contributed by atoms with E-state index in [0.29, 0.717) is 17.6 Å². The molecular formula is C24H29NO4. The molecule has 0 amide bonds. The summed E-state index contributed by atoms with van der Waals surface area (Å²) in [5.74, 6) is -0.649. The second-order valence-electron chi connectivity index (χ2n) is 8.38. The van der Waals surface area contributed by atoms with Gasteiger partial charge in [-0.25, -0.2) is 4.79 Å². The van der Waals surface area contributed by atoms with Gasteiger partial charge in [-0.3, -0.25) is 4.79 Å².